The summed E-state index contributed by atoms with van der Waals surface area (Å²) in [4.78, 5) is 0. The molecule has 0 unspecified atom stereocenters. The lowest BCUT2D eigenvalue weighted by Crippen LogP contribution is -2.19. The minimum atomic E-state index is 0.676. The summed E-state index contributed by atoms with van der Waals surface area (Å²) >= 11 is 0. The third kappa shape index (κ3) is 2.35. The van der Waals surface area contributed by atoms with Crippen LogP contribution in [0, 0.1) is 5.92 Å². The number of nitrogen functional groups attached to an aromatic ring is 1. The van der Waals surface area contributed by atoms with Gasteiger partial charge in [0.05, 0.1) is 19.4 Å². The number of methoxy groups -OCH3 is 1. The predicted molar refractivity (Wildman–Crippen MR) is 60.2 cm³/mol. The Labute approximate surface area is 90.2 Å². The summed E-state index contributed by atoms with van der Waals surface area (Å²) in [6.45, 7) is 0.775. The second-order valence-electron chi connectivity index (χ2n) is 4.01. The third-order valence-corrected chi connectivity index (χ3v) is 2.92. The van der Waals surface area contributed by atoms with Gasteiger partial charge in [0, 0.05) is 6.07 Å². The van der Waals surface area contributed by atoms with E-state index in [1.807, 2.05) is 18.2 Å². The third-order valence-electron chi connectivity index (χ3n) is 2.92. The first kappa shape index (κ1) is 10.1. The monoisotopic (exact) mass is 207 g/mol. The number of ether oxygens (including phenoxy) is 2. The van der Waals surface area contributed by atoms with Crippen molar-refractivity contribution in [2.24, 2.45) is 5.92 Å². The van der Waals surface area contributed by atoms with Gasteiger partial charge in [-0.15, -0.1) is 0 Å². The highest BCUT2D eigenvalue weighted by atomic mass is 16.5. The highest BCUT2D eigenvalue weighted by Gasteiger charge is 2.18. The Hall–Kier alpha value is -1.38. The van der Waals surface area contributed by atoms with Crippen LogP contribution in [0.1, 0.15) is 19.3 Å². The molecule has 0 amide bonds. The molecule has 3 nitrogen and oxygen atoms in total. The van der Waals surface area contributed by atoms with E-state index in [1.165, 1.54) is 19.3 Å². The van der Waals surface area contributed by atoms with Gasteiger partial charge < -0.3 is 15.2 Å². The van der Waals surface area contributed by atoms with Gasteiger partial charge in [-0.3, -0.25) is 0 Å². The molecule has 0 aliphatic heterocycles. The van der Waals surface area contributed by atoms with E-state index in [4.69, 9.17) is 15.2 Å². The molecule has 0 radical (unpaired) electrons. The van der Waals surface area contributed by atoms with E-state index in [0.717, 1.165) is 24.0 Å². The van der Waals surface area contributed by atoms with E-state index < -0.39 is 0 Å². The summed E-state index contributed by atoms with van der Waals surface area (Å²) in [5.41, 5.74) is 6.49. The first-order chi connectivity index (χ1) is 7.29. The number of anilines is 1. The lowest BCUT2D eigenvalue weighted by molar-refractivity contribution is 0.181. The van der Waals surface area contributed by atoms with Crippen LogP contribution in [0.3, 0.4) is 0 Å². The standard InChI is InChI=1S/C12H17NO2/c1-14-10-5-6-11(13)12(7-10)15-8-9-3-2-4-9/h5-7,9H,2-4,8,13H2,1H3. The number of hydrogen-bond acceptors (Lipinski definition) is 3. The van der Waals surface area contributed by atoms with Crippen LogP contribution in [0.5, 0.6) is 11.5 Å². The zero-order valence-corrected chi connectivity index (χ0v) is 9.03. The molecule has 3 heteroatoms. The number of hydrogen-bond donors (Lipinski definition) is 1. The van der Waals surface area contributed by atoms with Gasteiger partial charge in [-0.25, -0.2) is 0 Å². The van der Waals surface area contributed by atoms with Crippen LogP contribution in [-0.2, 0) is 0 Å². The number of nitrogens with two attached hydrogens (primary N) is 1. The molecule has 0 bridgehead atoms. The fourth-order valence-electron chi connectivity index (χ4n) is 1.63. The molecule has 1 aliphatic carbocycles. The minimum Gasteiger partial charge on any atom is -0.497 e. The van der Waals surface area contributed by atoms with E-state index in [2.05, 4.69) is 0 Å². The second kappa shape index (κ2) is 4.43. The Bertz CT molecular complexity index is 334. The molecule has 1 aromatic rings. The van der Waals surface area contributed by atoms with E-state index in [9.17, 15) is 0 Å². The average molecular weight is 207 g/mol. The molecule has 15 heavy (non-hydrogen) atoms. The molecule has 2 rings (SSSR count). The van der Waals surface area contributed by atoms with Gasteiger partial charge in [-0.1, -0.05) is 6.42 Å². The van der Waals surface area contributed by atoms with Crippen molar-refractivity contribution in [2.75, 3.05) is 19.5 Å². The molecule has 1 fully saturated rings. The second-order valence-corrected chi connectivity index (χ2v) is 4.01. The van der Waals surface area contributed by atoms with Crippen molar-refractivity contribution in [1.29, 1.82) is 0 Å². The molecule has 1 saturated carbocycles. The van der Waals surface area contributed by atoms with Crippen molar-refractivity contribution in [2.45, 2.75) is 19.3 Å². The van der Waals surface area contributed by atoms with Gasteiger partial charge in [0.1, 0.15) is 11.5 Å². The Morgan fingerprint density at radius 2 is 2.20 bits per heavy atom. The highest BCUT2D eigenvalue weighted by Crippen LogP contribution is 2.30. The van der Waals surface area contributed by atoms with Gasteiger partial charge in [0.15, 0.2) is 0 Å². The molecular weight excluding hydrogens is 190 g/mol. The summed E-state index contributed by atoms with van der Waals surface area (Å²) in [7, 11) is 1.64. The molecule has 0 saturated heterocycles. The Balaban J connectivity index is 1.98. The predicted octanol–water partition coefficient (Wildman–Crippen LogP) is 2.46. The van der Waals surface area contributed by atoms with Crippen molar-refractivity contribution in [3.8, 4) is 11.5 Å². The topological polar surface area (TPSA) is 44.5 Å². The van der Waals surface area contributed by atoms with Crippen LogP contribution in [0.15, 0.2) is 18.2 Å². The minimum absolute atomic E-state index is 0.676. The molecule has 0 aromatic heterocycles. The van der Waals surface area contributed by atoms with Crippen molar-refractivity contribution >= 4 is 5.69 Å². The van der Waals surface area contributed by atoms with Crippen LogP contribution in [0.2, 0.25) is 0 Å². The molecule has 0 atom stereocenters. The summed E-state index contributed by atoms with van der Waals surface area (Å²) < 4.78 is 10.8. The SMILES string of the molecule is COc1ccc(N)c(OCC2CCC2)c1. The zero-order valence-electron chi connectivity index (χ0n) is 9.03. The maximum Gasteiger partial charge on any atom is 0.145 e. The van der Waals surface area contributed by atoms with Gasteiger partial charge >= 0.3 is 0 Å². The molecule has 0 heterocycles. The Kier molecular flexibility index (Phi) is 2.99. The van der Waals surface area contributed by atoms with E-state index in [-0.39, 0.29) is 0 Å². The van der Waals surface area contributed by atoms with Gasteiger partial charge in [-0.05, 0) is 30.9 Å². The van der Waals surface area contributed by atoms with Crippen molar-refractivity contribution in [1.82, 2.24) is 0 Å². The molecule has 0 spiro atoms. The summed E-state index contributed by atoms with van der Waals surface area (Å²) in [6, 6.07) is 5.49. The van der Waals surface area contributed by atoms with Gasteiger partial charge in [-0.2, -0.15) is 0 Å². The molecule has 1 aromatic carbocycles. The van der Waals surface area contributed by atoms with Gasteiger partial charge in [0.25, 0.3) is 0 Å². The number of rotatable bonds is 4. The highest BCUT2D eigenvalue weighted by molar-refractivity contribution is 5.55. The summed E-state index contributed by atoms with van der Waals surface area (Å²) in [6.07, 6.45) is 3.90. The largest absolute Gasteiger partial charge is 0.497 e. The lowest BCUT2D eigenvalue weighted by atomic mass is 9.86. The van der Waals surface area contributed by atoms with E-state index in [1.54, 1.807) is 7.11 Å². The molecule has 1 aliphatic rings. The van der Waals surface area contributed by atoms with Crippen molar-refractivity contribution in [3.63, 3.8) is 0 Å². The smallest absolute Gasteiger partial charge is 0.145 e. The van der Waals surface area contributed by atoms with Gasteiger partial charge in [0.2, 0.25) is 0 Å². The zero-order chi connectivity index (χ0) is 10.7. The average Bonchev–Trinajstić information content (AvgIpc) is 2.18. The van der Waals surface area contributed by atoms with E-state index >= 15 is 0 Å². The van der Waals surface area contributed by atoms with Crippen LogP contribution in [0.4, 0.5) is 5.69 Å². The lowest BCUT2D eigenvalue weighted by Gasteiger charge is -2.25. The molecule has 82 valence electrons. The van der Waals surface area contributed by atoms with Crippen LogP contribution >= 0.6 is 0 Å². The van der Waals surface area contributed by atoms with Crippen LogP contribution in [-0.4, -0.2) is 13.7 Å². The fraction of sp³-hybridized carbons (Fsp3) is 0.500. The normalized spacial score (nSPS) is 15.8. The Morgan fingerprint density at radius 1 is 1.40 bits per heavy atom. The van der Waals surface area contributed by atoms with Crippen LogP contribution in [0.25, 0.3) is 0 Å². The Morgan fingerprint density at radius 3 is 2.80 bits per heavy atom. The molecule has 2 N–H and O–H groups in total. The fourth-order valence-corrected chi connectivity index (χ4v) is 1.63. The first-order valence-electron chi connectivity index (χ1n) is 5.36. The first-order valence-corrected chi connectivity index (χ1v) is 5.36. The van der Waals surface area contributed by atoms with Crippen LogP contribution < -0.4 is 15.2 Å². The summed E-state index contributed by atoms with van der Waals surface area (Å²) in [5, 5.41) is 0. The number of benzene rings is 1. The van der Waals surface area contributed by atoms with Crippen molar-refractivity contribution < 1.29 is 9.47 Å². The quantitative estimate of drug-likeness (QED) is 0.771. The maximum atomic E-state index is 5.81. The van der Waals surface area contributed by atoms with E-state index in [0.29, 0.717) is 5.69 Å². The summed E-state index contributed by atoms with van der Waals surface area (Å²) in [5.74, 6) is 2.24. The van der Waals surface area contributed by atoms with Crippen molar-refractivity contribution in [3.05, 3.63) is 18.2 Å². The maximum absolute atomic E-state index is 5.81. The molecular formula is C12H17NO2.